The van der Waals surface area contributed by atoms with Crippen LogP contribution in [0.1, 0.15) is 20.8 Å². The highest BCUT2D eigenvalue weighted by Crippen LogP contribution is 2.36. The zero-order valence-corrected chi connectivity index (χ0v) is 10.3. The number of hydrogen-bond acceptors (Lipinski definition) is 2. The van der Waals surface area contributed by atoms with E-state index in [1.807, 2.05) is 0 Å². The Morgan fingerprint density at radius 1 is 1.23 bits per heavy atom. The van der Waals surface area contributed by atoms with Crippen LogP contribution < -0.4 is 0 Å². The van der Waals surface area contributed by atoms with Crippen LogP contribution >= 0.6 is 0 Å². The number of aliphatic hydroxyl groups is 1. The molecular weight excluding hydrogens is 180 g/mol. The van der Waals surface area contributed by atoms with Crippen LogP contribution in [-0.2, 0) is 4.43 Å². The Hall–Kier alpha value is -0.303. The molecular formula is C10H20O2Si. The fraction of sp³-hybridized carbons (Fsp3) is 0.800. The van der Waals surface area contributed by atoms with Crippen molar-refractivity contribution in [1.82, 2.24) is 0 Å². The van der Waals surface area contributed by atoms with Crippen LogP contribution in [0.4, 0.5) is 0 Å². The molecule has 0 amide bonds. The lowest BCUT2D eigenvalue weighted by molar-refractivity contribution is 0.331. The first-order chi connectivity index (χ1) is 5.81. The van der Waals surface area contributed by atoms with Crippen molar-refractivity contribution >= 4 is 8.32 Å². The van der Waals surface area contributed by atoms with E-state index in [0.717, 1.165) is 0 Å². The Balaban J connectivity index is 4.04. The summed E-state index contributed by atoms with van der Waals surface area (Å²) in [5, 5.41) is 8.67. The van der Waals surface area contributed by atoms with E-state index >= 15 is 0 Å². The monoisotopic (exact) mass is 200 g/mol. The fourth-order valence-electron chi connectivity index (χ4n) is 0.540. The highest BCUT2D eigenvalue weighted by Gasteiger charge is 2.36. The van der Waals surface area contributed by atoms with E-state index in [1.165, 1.54) is 0 Å². The predicted molar refractivity (Wildman–Crippen MR) is 58.0 cm³/mol. The first kappa shape index (κ1) is 12.7. The maximum atomic E-state index is 8.44. The molecule has 0 fully saturated rings. The molecule has 0 unspecified atom stereocenters. The van der Waals surface area contributed by atoms with Gasteiger partial charge in [-0.2, -0.15) is 0 Å². The van der Waals surface area contributed by atoms with Crippen molar-refractivity contribution in [3.05, 3.63) is 0 Å². The van der Waals surface area contributed by atoms with Crippen molar-refractivity contribution in [3.63, 3.8) is 0 Å². The lowest BCUT2D eigenvalue weighted by Gasteiger charge is -2.35. The smallest absolute Gasteiger partial charge is 0.193 e. The van der Waals surface area contributed by atoms with Crippen LogP contribution in [-0.4, -0.2) is 26.6 Å². The minimum absolute atomic E-state index is 0.0825. The molecule has 0 rings (SSSR count). The largest absolute Gasteiger partial charge is 0.406 e. The van der Waals surface area contributed by atoms with E-state index in [4.69, 9.17) is 9.53 Å². The third kappa shape index (κ3) is 4.46. The molecule has 0 radical (unpaired) electrons. The Morgan fingerprint density at radius 2 is 1.77 bits per heavy atom. The highest BCUT2D eigenvalue weighted by atomic mass is 28.4. The Labute approximate surface area is 82.4 Å². The molecule has 0 atom stereocenters. The van der Waals surface area contributed by atoms with Gasteiger partial charge in [0.05, 0.1) is 6.61 Å². The number of aliphatic hydroxyl groups excluding tert-OH is 1. The predicted octanol–water partition coefficient (Wildman–Crippen LogP) is 2.00. The zero-order chi connectivity index (χ0) is 10.5. The van der Waals surface area contributed by atoms with Crippen LogP contribution in [0.2, 0.25) is 18.1 Å². The molecule has 0 spiro atoms. The molecule has 0 bridgehead atoms. The topological polar surface area (TPSA) is 29.5 Å². The molecule has 0 aliphatic rings. The number of hydrogen-bond donors (Lipinski definition) is 1. The van der Waals surface area contributed by atoms with Gasteiger partial charge in [-0.15, -0.1) is 0 Å². The second kappa shape index (κ2) is 4.80. The summed E-state index contributed by atoms with van der Waals surface area (Å²) in [5.74, 6) is 5.35. The van der Waals surface area contributed by atoms with E-state index in [2.05, 4.69) is 45.7 Å². The van der Waals surface area contributed by atoms with Gasteiger partial charge in [0.1, 0.15) is 6.61 Å². The summed E-state index contributed by atoms with van der Waals surface area (Å²) in [4.78, 5) is 0. The van der Waals surface area contributed by atoms with Gasteiger partial charge < -0.3 is 9.53 Å². The zero-order valence-electron chi connectivity index (χ0n) is 9.27. The first-order valence-corrected chi connectivity index (χ1v) is 7.42. The Morgan fingerprint density at radius 3 is 2.15 bits per heavy atom. The normalized spacial score (nSPS) is 12.2. The maximum absolute atomic E-state index is 8.44. The lowest BCUT2D eigenvalue weighted by atomic mass is 10.2. The van der Waals surface area contributed by atoms with Gasteiger partial charge in [-0.05, 0) is 18.1 Å². The van der Waals surface area contributed by atoms with E-state index in [1.54, 1.807) is 0 Å². The molecule has 0 aliphatic carbocycles. The van der Waals surface area contributed by atoms with E-state index < -0.39 is 8.32 Å². The molecule has 0 aromatic rings. The molecule has 13 heavy (non-hydrogen) atoms. The second-order valence-electron chi connectivity index (χ2n) is 4.56. The second-order valence-corrected chi connectivity index (χ2v) is 9.37. The van der Waals surface area contributed by atoms with Gasteiger partial charge >= 0.3 is 0 Å². The minimum Gasteiger partial charge on any atom is -0.406 e. The van der Waals surface area contributed by atoms with E-state index in [-0.39, 0.29) is 11.6 Å². The van der Waals surface area contributed by atoms with Crippen LogP contribution in [0.25, 0.3) is 0 Å². The summed E-state index contributed by atoms with van der Waals surface area (Å²) in [6.07, 6.45) is 0. The van der Waals surface area contributed by atoms with Gasteiger partial charge in [-0.25, -0.2) is 0 Å². The average molecular weight is 200 g/mol. The summed E-state index contributed by atoms with van der Waals surface area (Å²) < 4.78 is 5.75. The van der Waals surface area contributed by atoms with Gasteiger partial charge in [0, 0.05) is 0 Å². The van der Waals surface area contributed by atoms with Gasteiger partial charge in [-0.1, -0.05) is 32.6 Å². The van der Waals surface area contributed by atoms with Crippen molar-refractivity contribution in [3.8, 4) is 11.8 Å². The molecule has 76 valence electrons. The Bertz CT molecular complexity index is 205. The van der Waals surface area contributed by atoms with Crippen molar-refractivity contribution in [2.75, 3.05) is 13.2 Å². The third-order valence-electron chi connectivity index (χ3n) is 2.52. The van der Waals surface area contributed by atoms with Crippen molar-refractivity contribution < 1.29 is 9.53 Å². The maximum Gasteiger partial charge on any atom is 0.193 e. The van der Waals surface area contributed by atoms with Crippen LogP contribution in [0, 0.1) is 11.8 Å². The highest BCUT2D eigenvalue weighted by molar-refractivity contribution is 6.74. The summed E-state index contributed by atoms with van der Waals surface area (Å²) in [5.41, 5.74) is 0. The van der Waals surface area contributed by atoms with E-state index in [9.17, 15) is 0 Å². The summed E-state index contributed by atoms with van der Waals surface area (Å²) in [6.45, 7) is 11.3. The summed E-state index contributed by atoms with van der Waals surface area (Å²) >= 11 is 0. The van der Waals surface area contributed by atoms with E-state index in [0.29, 0.717) is 6.61 Å². The Kier molecular flexibility index (Phi) is 4.69. The quantitative estimate of drug-likeness (QED) is 0.546. The molecule has 0 aliphatic heterocycles. The van der Waals surface area contributed by atoms with Gasteiger partial charge in [0.15, 0.2) is 8.32 Å². The van der Waals surface area contributed by atoms with Crippen molar-refractivity contribution in [2.45, 2.75) is 38.9 Å². The third-order valence-corrected chi connectivity index (χ3v) is 6.99. The summed E-state index contributed by atoms with van der Waals surface area (Å²) in [6, 6.07) is 0. The van der Waals surface area contributed by atoms with Gasteiger partial charge in [0.2, 0.25) is 0 Å². The molecule has 0 aromatic heterocycles. The first-order valence-electron chi connectivity index (χ1n) is 4.52. The van der Waals surface area contributed by atoms with Crippen LogP contribution in [0.15, 0.2) is 0 Å². The lowest BCUT2D eigenvalue weighted by Crippen LogP contribution is -2.40. The SMILES string of the molecule is CC(C)(C)[Si](C)(C)OCC#CCO. The molecule has 0 saturated heterocycles. The molecule has 0 saturated carbocycles. The molecule has 0 heterocycles. The number of rotatable bonds is 2. The molecule has 3 heteroatoms. The fourth-order valence-corrected chi connectivity index (χ4v) is 1.41. The standard InChI is InChI=1S/C10H20O2Si/c1-10(2,3)13(4,5)12-9-7-6-8-11/h11H,8-9H2,1-5H3. The summed E-state index contributed by atoms with van der Waals surface area (Å²) in [7, 11) is -1.64. The molecule has 1 N–H and O–H groups in total. The van der Waals surface area contributed by atoms with Crippen molar-refractivity contribution in [2.24, 2.45) is 0 Å². The van der Waals surface area contributed by atoms with Gasteiger partial charge in [0.25, 0.3) is 0 Å². The van der Waals surface area contributed by atoms with Gasteiger partial charge in [-0.3, -0.25) is 0 Å². The molecule has 0 aromatic carbocycles. The minimum atomic E-state index is -1.64. The average Bonchev–Trinajstić information content (AvgIpc) is 1.96. The van der Waals surface area contributed by atoms with Crippen LogP contribution in [0.5, 0.6) is 0 Å². The van der Waals surface area contributed by atoms with Crippen molar-refractivity contribution in [1.29, 1.82) is 0 Å². The van der Waals surface area contributed by atoms with Crippen LogP contribution in [0.3, 0.4) is 0 Å². The molecule has 2 nitrogen and oxygen atoms in total.